The number of epoxide rings is 2. The van der Waals surface area contributed by atoms with Gasteiger partial charge in [-0.15, -0.1) is 0 Å². The number of cyclic esters (lactones) is 2. The lowest BCUT2D eigenvalue weighted by Gasteiger charge is -2.58. The third-order valence-corrected chi connectivity index (χ3v) is 9.47. The van der Waals surface area contributed by atoms with Crippen LogP contribution in [-0.2, 0) is 42.8 Å². The zero-order chi connectivity index (χ0) is 25.3. The lowest BCUT2D eigenvalue weighted by molar-refractivity contribution is -0.233. The van der Waals surface area contributed by atoms with Gasteiger partial charge < -0.3 is 28.4 Å². The van der Waals surface area contributed by atoms with E-state index in [1.54, 1.807) is 0 Å². The van der Waals surface area contributed by atoms with Crippen molar-refractivity contribution < 1.29 is 42.8 Å². The molecule has 0 aromatic carbocycles. The molecule has 0 aromatic heterocycles. The van der Waals surface area contributed by atoms with Crippen molar-refractivity contribution in [2.24, 2.45) is 10.8 Å². The molecule has 3 saturated heterocycles. The number of hydrogen-bond acceptors (Lipinski definition) is 9. The van der Waals surface area contributed by atoms with Gasteiger partial charge in [-0.2, -0.15) is 0 Å². The Kier molecular flexibility index (Phi) is 5.31. The van der Waals surface area contributed by atoms with E-state index < -0.39 is 52.1 Å². The van der Waals surface area contributed by atoms with Gasteiger partial charge in [0.15, 0.2) is 6.10 Å². The quantitative estimate of drug-likeness (QED) is 0.214. The first-order valence-electron chi connectivity index (χ1n) is 12.7. The Hall–Kier alpha value is -2.49. The van der Waals surface area contributed by atoms with Gasteiger partial charge in [-0.25, -0.2) is 14.4 Å². The van der Waals surface area contributed by atoms with Crippen LogP contribution in [0, 0.1) is 10.8 Å². The molecule has 2 spiro atoms. The Morgan fingerprint density at radius 1 is 0.944 bits per heavy atom. The molecular formula is C27H32O9. The number of rotatable bonds is 0. The van der Waals surface area contributed by atoms with Crippen LogP contribution in [0.15, 0.2) is 36.0 Å². The van der Waals surface area contributed by atoms with E-state index in [-0.39, 0.29) is 25.4 Å². The predicted molar refractivity (Wildman–Crippen MR) is 123 cm³/mol. The molecule has 4 heterocycles. The fraction of sp³-hybridized carbons (Fsp3) is 0.667. The minimum Gasteiger partial charge on any atom is -0.463 e. The van der Waals surface area contributed by atoms with Gasteiger partial charge in [-0.1, -0.05) is 30.7 Å². The highest BCUT2D eigenvalue weighted by molar-refractivity contribution is 5.84. The fourth-order valence-corrected chi connectivity index (χ4v) is 6.98. The number of esters is 3. The van der Waals surface area contributed by atoms with Crippen LogP contribution < -0.4 is 0 Å². The van der Waals surface area contributed by atoms with Crippen molar-refractivity contribution in [1.82, 2.24) is 0 Å². The van der Waals surface area contributed by atoms with Crippen molar-refractivity contribution >= 4 is 17.9 Å². The molecule has 36 heavy (non-hydrogen) atoms. The van der Waals surface area contributed by atoms with Crippen LogP contribution in [0.25, 0.3) is 0 Å². The van der Waals surface area contributed by atoms with E-state index in [0.29, 0.717) is 25.9 Å². The van der Waals surface area contributed by atoms with E-state index in [0.717, 1.165) is 6.42 Å². The maximum Gasteiger partial charge on any atom is 0.338 e. The summed E-state index contributed by atoms with van der Waals surface area (Å²) >= 11 is 0. The molecule has 0 amide bonds. The van der Waals surface area contributed by atoms with Crippen molar-refractivity contribution in [2.45, 2.75) is 82.1 Å². The van der Waals surface area contributed by atoms with Gasteiger partial charge in [0.05, 0.1) is 30.8 Å². The Balaban J connectivity index is 1.37. The Morgan fingerprint density at radius 3 is 2.44 bits per heavy atom. The zero-order valence-electron chi connectivity index (χ0n) is 20.8. The minimum absolute atomic E-state index is 0.0974. The van der Waals surface area contributed by atoms with Crippen molar-refractivity contribution in [3.05, 3.63) is 36.0 Å². The first-order chi connectivity index (χ1) is 17.1. The summed E-state index contributed by atoms with van der Waals surface area (Å²) in [5, 5.41) is 0. The molecule has 0 N–H and O–H groups in total. The van der Waals surface area contributed by atoms with Gasteiger partial charge in [0.25, 0.3) is 0 Å². The van der Waals surface area contributed by atoms with Crippen LogP contribution in [0.1, 0.15) is 46.5 Å². The SMILES string of the molecule is CC1=C[C@@H]2O[C@H]3C[C@H]4OC(=O)/C=C/C=C/C(=O)OCC[C@@]5(C)O[C@@H]5C(=O)OC[C@]2(CC1)[C@@]4(C)[C@]31CO1. The number of carbonyl (C=O) groups is 3. The Labute approximate surface area is 209 Å². The van der Waals surface area contributed by atoms with E-state index in [4.69, 9.17) is 28.4 Å². The summed E-state index contributed by atoms with van der Waals surface area (Å²) in [5.74, 6) is -1.51. The molecule has 0 unspecified atom stereocenters. The molecule has 8 atom stereocenters. The Morgan fingerprint density at radius 2 is 1.69 bits per heavy atom. The molecule has 1 saturated carbocycles. The molecule has 194 valence electrons. The fourth-order valence-electron chi connectivity index (χ4n) is 6.98. The Bertz CT molecular complexity index is 1090. The average Bonchev–Trinajstić information content (AvgIpc) is 3.74. The van der Waals surface area contributed by atoms with Crippen LogP contribution in [0.5, 0.6) is 0 Å². The average molecular weight is 501 g/mol. The zero-order valence-corrected chi connectivity index (χ0v) is 20.8. The summed E-state index contributed by atoms with van der Waals surface area (Å²) < 4.78 is 35.6. The number of fused-ring (bicyclic) bond motifs is 1. The molecule has 4 fully saturated rings. The second-order valence-electron chi connectivity index (χ2n) is 11.3. The van der Waals surface area contributed by atoms with Crippen LogP contribution in [-0.4, -0.2) is 73.3 Å². The van der Waals surface area contributed by atoms with Crippen LogP contribution in [0.3, 0.4) is 0 Å². The molecular weight excluding hydrogens is 468 g/mol. The third-order valence-electron chi connectivity index (χ3n) is 9.47. The number of carbonyl (C=O) groups excluding carboxylic acids is 3. The maximum absolute atomic E-state index is 13.1. The number of allylic oxidation sites excluding steroid dienone is 3. The van der Waals surface area contributed by atoms with Gasteiger partial charge in [0, 0.05) is 30.4 Å². The van der Waals surface area contributed by atoms with Gasteiger partial charge in [-0.3, -0.25) is 0 Å². The monoisotopic (exact) mass is 500 g/mol. The number of hydrogen-bond donors (Lipinski definition) is 0. The molecule has 4 aliphatic heterocycles. The highest BCUT2D eigenvalue weighted by Gasteiger charge is 2.83. The molecule has 2 bridgehead atoms. The molecule has 6 rings (SSSR count). The largest absolute Gasteiger partial charge is 0.463 e. The lowest BCUT2D eigenvalue weighted by atomic mass is 9.51. The van der Waals surface area contributed by atoms with E-state index in [9.17, 15) is 14.4 Å². The van der Waals surface area contributed by atoms with Gasteiger partial charge in [-0.05, 0) is 26.7 Å². The summed E-state index contributed by atoms with van der Waals surface area (Å²) in [4.78, 5) is 37.8. The highest BCUT2D eigenvalue weighted by Crippen LogP contribution is 2.72. The summed E-state index contributed by atoms with van der Waals surface area (Å²) in [6.07, 6.45) is 8.23. The summed E-state index contributed by atoms with van der Waals surface area (Å²) in [7, 11) is 0. The predicted octanol–water partition coefficient (Wildman–Crippen LogP) is 2.33. The first kappa shape index (κ1) is 23.9. The summed E-state index contributed by atoms with van der Waals surface area (Å²) in [6.45, 7) is 6.71. The number of ether oxygens (including phenoxy) is 6. The third kappa shape index (κ3) is 3.35. The highest BCUT2D eigenvalue weighted by atomic mass is 16.7. The van der Waals surface area contributed by atoms with E-state index >= 15 is 0 Å². The second kappa shape index (κ2) is 8.00. The molecule has 9 nitrogen and oxygen atoms in total. The lowest BCUT2D eigenvalue weighted by Crippen LogP contribution is -2.66. The minimum atomic E-state index is -0.739. The molecule has 9 heteroatoms. The van der Waals surface area contributed by atoms with Crippen LogP contribution in [0.2, 0.25) is 0 Å². The molecule has 2 aliphatic carbocycles. The second-order valence-corrected chi connectivity index (χ2v) is 11.3. The van der Waals surface area contributed by atoms with Crippen LogP contribution >= 0.6 is 0 Å². The van der Waals surface area contributed by atoms with E-state index in [1.807, 2.05) is 6.92 Å². The van der Waals surface area contributed by atoms with Crippen molar-refractivity contribution in [3.63, 3.8) is 0 Å². The van der Waals surface area contributed by atoms with Gasteiger partial charge in [0.2, 0.25) is 0 Å². The van der Waals surface area contributed by atoms with Crippen molar-refractivity contribution in [2.75, 3.05) is 19.8 Å². The topological polar surface area (TPSA) is 113 Å². The van der Waals surface area contributed by atoms with Gasteiger partial charge >= 0.3 is 17.9 Å². The van der Waals surface area contributed by atoms with Crippen LogP contribution in [0.4, 0.5) is 0 Å². The maximum atomic E-state index is 13.1. The molecule has 6 aliphatic rings. The summed E-state index contributed by atoms with van der Waals surface area (Å²) in [5.41, 5.74) is -1.36. The molecule has 0 radical (unpaired) electrons. The summed E-state index contributed by atoms with van der Waals surface area (Å²) in [6, 6.07) is 0. The smallest absolute Gasteiger partial charge is 0.338 e. The normalized spacial score (nSPS) is 49.8. The first-order valence-corrected chi connectivity index (χ1v) is 12.7. The van der Waals surface area contributed by atoms with Crippen molar-refractivity contribution in [1.29, 1.82) is 0 Å². The van der Waals surface area contributed by atoms with E-state index in [1.165, 1.54) is 29.9 Å². The van der Waals surface area contributed by atoms with E-state index in [2.05, 4.69) is 19.9 Å². The van der Waals surface area contributed by atoms with Crippen molar-refractivity contribution in [3.8, 4) is 0 Å². The van der Waals surface area contributed by atoms with Gasteiger partial charge in [0.1, 0.15) is 23.9 Å². The molecule has 0 aromatic rings. The standard InChI is InChI=1S/C27H32O9/c1-16-8-9-26-14-32-23(30)22-24(2,36-22)10-11-31-20(28)6-4-5-7-21(29)35-17-13-19(34-18(26)12-16)27(15-33-27)25(17,26)3/h4-7,12,17-19,22H,8-11,13-15H2,1-3H3/b6-4+,7-5+/t17-,18+,19+,22-,24-,25+,26+,27+/m1/s1.